The third-order valence-electron chi connectivity index (χ3n) is 2.59. The number of anilines is 1. The lowest BCUT2D eigenvalue weighted by atomic mass is 10.2. The van der Waals surface area contributed by atoms with Gasteiger partial charge in [-0.15, -0.1) is 11.8 Å². The lowest BCUT2D eigenvalue weighted by Gasteiger charge is -2.11. The zero-order valence-corrected chi connectivity index (χ0v) is 12.4. The highest BCUT2D eigenvalue weighted by Gasteiger charge is 2.08. The minimum absolute atomic E-state index is 0.0148. The zero-order chi connectivity index (χ0) is 15.0. The van der Waals surface area contributed by atoms with Crippen LogP contribution in [0.5, 0.6) is 0 Å². The van der Waals surface area contributed by atoms with Crippen LogP contribution < -0.4 is 16.8 Å². The minimum atomic E-state index is -0.323. The van der Waals surface area contributed by atoms with Gasteiger partial charge in [-0.1, -0.05) is 12.1 Å². The number of benzene rings is 1. The van der Waals surface area contributed by atoms with E-state index in [-0.39, 0.29) is 17.9 Å². The molecule has 20 heavy (non-hydrogen) atoms. The van der Waals surface area contributed by atoms with Crippen molar-refractivity contribution in [3.63, 3.8) is 0 Å². The molecule has 0 aliphatic heterocycles. The number of rotatable bonds is 8. The summed E-state index contributed by atoms with van der Waals surface area (Å²) in [6.07, 6.45) is 1.37. The van der Waals surface area contributed by atoms with Crippen LogP contribution in [0, 0.1) is 0 Å². The van der Waals surface area contributed by atoms with Crippen LogP contribution in [0.1, 0.15) is 26.2 Å². The second-order valence-corrected chi connectivity index (χ2v) is 5.76. The highest BCUT2D eigenvalue weighted by molar-refractivity contribution is 7.99. The second kappa shape index (κ2) is 8.60. The molecule has 0 aromatic heterocycles. The van der Waals surface area contributed by atoms with E-state index in [2.05, 4.69) is 5.32 Å². The van der Waals surface area contributed by atoms with Gasteiger partial charge in [-0.05, 0) is 25.5 Å². The van der Waals surface area contributed by atoms with Gasteiger partial charge in [0.2, 0.25) is 11.8 Å². The largest absolute Gasteiger partial charge is 0.370 e. The lowest BCUT2D eigenvalue weighted by molar-refractivity contribution is -0.118. The van der Waals surface area contributed by atoms with Crippen molar-refractivity contribution in [3.05, 3.63) is 24.3 Å². The van der Waals surface area contributed by atoms with E-state index in [1.165, 1.54) is 11.8 Å². The molecule has 1 atom stereocenters. The molecule has 1 rings (SSSR count). The Hall–Kier alpha value is -1.53. The quantitative estimate of drug-likeness (QED) is 0.636. The predicted molar refractivity (Wildman–Crippen MR) is 82.5 cm³/mol. The fraction of sp³-hybridized carbons (Fsp3) is 0.429. The molecular weight excluding hydrogens is 274 g/mol. The van der Waals surface area contributed by atoms with Crippen LogP contribution in [0.25, 0.3) is 0 Å². The number of thioether (sulfide) groups is 1. The van der Waals surface area contributed by atoms with Gasteiger partial charge in [-0.3, -0.25) is 9.59 Å². The van der Waals surface area contributed by atoms with Crippen LogP contribution in [0.4, 0.5) is 5.69 Å². The van der Waals surface area contributed by atoms with Gasteiger partial charge in [-0.2, -0.15) is 0 Å². The maximum Gasteiger partial charge on any atom is 0.224 e. The molecule has 0 radical (unpaired) electrons. The molecule has 0 aliphatic carbocycles. The molecular formula is C14H21N3O2S. The molecule has 110 valence electrons. The normalized spacial score (nSPS) is 11.9. The molecule has 0 heterocycles. The van der Waals surface area contributed by atoms with Crippen LogP contribution in [0.2, 0.25) is 0 Å². The average Bonchev–Trinajstić information content (AvgIpc) is 2.38. The summed E-state index contributed by atoms with van der Waals surface area (Å²) in [6, 6.07) is 7.52. The maximum absolute atomic E-state index is 11.8. The summed E-state index contributed by atoms with van der Waals surface area (Å²) < 4.78 is 0. The second-order valence-electron chi connectivity index (χ2n) is 4.63. The van der Waals surface area contributed by atoms with Crippen LogP contribution in [-0.4, -0.2) is 23.6 Å². The third-order valence-corrected chi connectivity index (χ3v) is 3.67. The molecule has 0 fully saturated rings. The van der Waals surface area contributed by atoms with E-state index in [1.54, 1.807) is 0 Å². The van der Waals surface area contributed by atoms with E-state index in [4.69, 9.17) is 11.5 Å². The number of amides is 2. The molecule has 5 N–H and O–H groups in total. The highest BCUT2D eigenvalue weighted by Crippen LogP contribution is 2.27. The molecule has 1 aromatic rings. The SMILES string of the molecule is CC(N)CCC(=O)Nc1ccccc1SCCC(N)=O. The van der Waals surface area contributed by atoms with Gasteiger partial charge in [0.15, 0.2) is 0 Å². The van der Waals surface area contributed by atoms with Gasteiger partial charge in [0.25, 0.3) is 0 Å². The summed E-state index contributed by atoms with van der Waals surface area (Å²) >= 11 is 1.50. The molecule has 0 bridgehead atoms. The Kier molecular flexibility index (Phi) is 7.11. The molecule has 1 aromatic carbocycles. The predicted octanol–water partition coefficient (Wildman–Crippen LogP) is 1.72. The van der Waals surface area contributed by atoms with Crippen molar-refractivity contribution in [1.82, 2.24) is 0 Å². The smallest absolute Gasteiger partial charge is 0.224 e. The topological polar surface area (TPSA) is 98.2 Å². The molecule has 0 aliphatic rings. The maximum atomic E-state index is 11.8. The molecule has 2 amide bonds. The van der Waals surface area contributed by atoms with Crippen molar-refractivity contribution in [3.8, 4) is 0 Å². The Morgan fingerprint density at radius 3 is 2.65 bits per heavy atom. The number of carbonyl (C=O) groups excluding carboxylic acids is 2. The van der Waals surface area contributed by atoms with Crippen molar-refractivity contribution in [1.29, 1.82) is 0 Å². The summed E-state index contributed by atoms with van der Waals surface area (Å²) in [7, 11) is 0. The van der Waals surface area contributed by atoms with Gasteiger partial charge >= 0.3 is 0 Å². The molecule has 1 unspecified atom stereocenters. The van der Waals surface area contributed by atoms with Gasteiger partial charge in [0.1, 0.15) is 0 Å². The Bertz CT molecular complexity index is 463. The summed E-state index contributed by atoms with van der Waals surface area (Å²) in [5, 5.41) is 2.87. The molecule has 0 saturated carbocycles. The third kappa shape index (κ3) is 6.58. The number of hydrogen-bond acceptors (Lipinski definition) is 4. The van der Waals surface area contributed by atoms with Crippen LogP contribution in [0.3, 0.4) is 0 Å². The van der Waals surface area contributed by atoms with Crippen molar-refractivity contribution in [2.45, 2.75) is 37.1 Å². The van der Waals surface area contributed by atoms with E-state index >= 15 is 0 Å². The lowest BCUT2D eigenvalue weighted by Crippen LogP contribution is -2.19. The van der Waals surface area contributed by atoms with Gasteiger partial charge in [0, 0.05) is 29.5 Å². The molecule has 6 heteroatoms. The molecule has 5 nitrogen and oxygen atoms in total. The van der Waals surface area contributed by atoms with E-state index in [0.29, 0.717) is 25.0 Å². The van der Waals surface area contributed by atoms with Crippen LogP contribution >= 0.6 is 11.8 Å². The van der Waals surface area contributed by atoms with Gasteiger partial charge in [0.05, 0.1) is 5.69 Å². The number of nitrogens with one attached hydrogen (secondary N) is 1. The minimum Gasteiger partial charge on any atom is -0.370 e. The summed E-state index contributed by atoms with van der Waals surface area (Å²) in [4.78, 5) is 23.5. The standard InChI is InChI=1S/C14H21N3O2S/c1-10(15)6-7-14(19)17-11-4-2-3-5-12(11)20-9-8-13(16)18/h2-5,10H,6-9,15H2,1H3,(H2,16,18)(H,17,19). The Morgan fingerprint density at radius 1 is 1.30 bits per heavy atom. The Balaban J connectivity index is 2.56. The fourth-order valence-corrected chi connectivity index (χ4v) is 2.50. The first-order valence-electron chi connectivity index (χ1n) is 6.54. The van der Waals surface area contributed by atoms with Gasteiger partial charge in [-0.25, -0.2) is 0 Å². The fourth-order valence-electron chi connectivity index (χ4n) is 1.53. The number of para-hydroxylation sites is 1. The van der Waals surface area contributed by atoms with Crippen LogP contribution in [0.15, 0.2) is 29.2 Å². The first kappa shape index (κ1) is 16.5. The molecule has 0 spiro atoms. The van der Waals surface area contributed by atoms with E-state index in [9.17, 15) is 9.59 Å². The van der Waals surface area contributed by atoms with Crippen molar-refractivity contribution < 1.29 is 9.59 Å². The first-order chi connectivity index (χ1) is 9.49. The Morgan fingerprint density at radius 2 is 2.00 bits per heavy atom. The number of hydrogen-bond donors (Lipinski definition) is 3. The first-order valence-corrected chi connectivity index (χ1v) is 7.53. The highest BCUT2D eigenvalue weighted by atomic mass is 32.2. The number of nitrogens with two attached hydrogens (primary N) is 2. The van der Waals surface area contributed by atoms with E-state index in [0.717, 1.165) is 10.6 Å². The van der Waals surface area contributed by atoms with Crippen molar-refractivity contribution in [2.24, 2.45) is 11.5 Å². The molecule has 0 saturated heterocycles. The Labute approximate surface area is 123 Å². The van der Waals surface area contributed by atoms with Crippen LogP contribution in [-0.2, 0) is 9.59 Å². The van der Waals surface area contributed by atoms with Crippen molar-refractivity contribution >= 4 is 29.3 Å². The van der Waals surface area contributed by atoms with E-state index < -0.39 is 0 Å². The monoisotopic (exact) mass is 295 g/mol. The summed E-state index contributed by atoms with van der Waals surface area (Å²) in [6.45, 7) is 1.88. The average molecular weight is 295 g/mol. The summed E-state index contributed by atoms with van der Waals surface area (Å²) in [5.41, 5.74) is 11.5. The summed E-state index contributed by atoms with van der Waals surface area (Å²) in [5.74, 6) is 0.225. The van der Waals surface area contributed by atoms with E-state index in [1.807, 2.05) is 31.2 Å². The van der Waals surface area contributed by atoms with Gasteiger partial charge < -0.3 is 16.8 Å². The van der Waals surface area contributed by atoms with Crippen molar-refractivity contribution in [2.75, 3.05) is 11.1 Å². The number of carbonyl (C=O) groups is 2. The zero-order valence-electron chi connectivity index (χ0n) is 11.6. The number of primary amides is 1.